The number of aliphatic carboxylic acids is 1. The Morgan fingerprint density at radius 2 is 1.80 bits per heavy atom. The van der Waals surface area contributed by atoms with Gasteiger partial charge in [0.05, 0.1) is 18.3 Å². The number of carboxylic acids is 1. The highest BCUT2D eigenvalue weighted by Crippen LogP contribution is 2.32. The third-order valence-corrected chi connectivity index (χ3v) is 3.09. The first-order valence-electron chi connectivity index (χ1n) is 6.07. The largest absolute Gasteiger partial charge is 0.478 e. The molecule has 0 atom stereocenters. The van der Waals surface area contributed by atoms with Crippen LogP contribution in [0, 0.1) is 0 Å². The van der Waals surface area contributed by atoms with Crippen molar-refractivity contribution in [3.63, 3.8) is 0 Å². The number of allylic oxidation sites excluding steroid dienone is 10. The molecule has 2 aliphatic rings. The van der Waals surface area contributed by atoms with Crippen molar-refractivity contribution in [3.8, 4) is 0 Å². The molecule has 0 heterocycles. The number of hydrogen-bond acceptors (Lipinski definition) is 3. The summed E-state index contributed by atoms with van der Waals surface area (Å²) in [6, 6.07) is 0. The second-order valence-electron chi connectivity index (χ2n) is 4.34. The highest BCUT2D eigenvalue weighted by molar-refractivity contribution is 6.08. The molecule has 1 N–H and O–H groups in total. The third kappa shape index (κ3) is 2.40. The zero-order chi connectivity index (χ0) is 14.7. The van der Waals surface area contributed by atoms with Gasteiger partial charge in [0, 0.05) is 0 Å². The Hall–Kier alpha value is -2.62. The van der Waals surface area contributed by atoms with Gasteiger partial charge < -0.3 is 9.84 Å². The SMILES string of the molecule is COC(=O)C1=CC=CC2=CC=CC=C(C)C2=C1C(=O)O. The molecule has 20 heavy (non-hydrogen) atoms. The van der Waals surface area contributed by atoms with Gasteiger partial charge in [-0.3, -0.25) is 0 Å². The van der Waals surface area contributed by atoms with E-state index in [2.05, 4.69) is 4.74 Å². The average Bonchev–Trinajstić information content (AvgIpc) is 2.71. The Balaban J connectivity index is 2.77. The van der Waals surface area contributed by atoms with Gasteiger partial charge in [-0.1, -0.05) is 36.5 Å². The van der Waals surface area contributed by atoms with E-state index in [4.69, 9.17) is 0 Å². The van der Waals surface area contributed by atoms with Gasteiger partial charge in [0.25, 0.3) is 0 Å². The zero-order valence-corrected chi connectivity index (χ0v) is 11.2. The molecule has 0 aromatic carbocycles. The zero-order valence-electron chi connectivity index (χ0n) is 11.2. The Morgan fingerprint density at radius 1 is 1.10 bits per heavy atom. The summed E-state index contributed by atoms with van der Waals surface area (Å²) in [7, 11) is 1.23. The van der Waals surface area contributed by atoms with E-state index < -0.39 is 11.9 Å². The second kappa shape index (κ2) is 5.57. The van der Waals surface area contributed by atoms with Crippen LogP contribution >= 0.6 is 0 Å². The smallest absolute Gasteiger partial charge is 0.338 e. The van der Waals surface area contributed by atoms with Crippen LogP contribution in [-0.2, 0) is 14.3 Å². The van der Waals surface area contributed by atoms with Gasteiger partial charge in [0.1, 0.15) is 0 Å². The molecule has 4 heteroatoms. The van der Waals surface area contributed by atoms with E-state index in [9.17, 15) is 14.7 Å². The quantitative estimate of drug-likeness (QED) is 0.783. The van der Waals surface area contributed by atoms with Crippen LogP contribution in [0.1, 0.15) is 6.92 Å². The van der Waals surface area contributed by atoms with Crippen molar-refractivity contribution in [1.29, 1.82) is 0 Å². The number of rotatable bonds is 2. The van der Waals surface area contributed by atoms with Crippen molar-refractivity contribution in [1.82, 2.24) is 0 Å². The minimum atomic E-state index is -1.15. The molecule has 0 fully saturated rings. The van der Waals surface area contributed by atoms with Crippen molar-refractivity contribution < 1.29 is 19.4 Å². The summed E-state index contributed by atoms with van der Waals surface area (Å²) in [6.07, 6.45) is 12.2. The standard InChI is InChI=1S/C16H14O4/c1-10-6-3-4-7-11-8-5-9-12(16(19)20-2)14(13(10)11)15(17)18/h3-9H,1-2H3,(H,17,18). The van der Waals surface area contributed by atoms with Crippen LogP contribution in [-0.4, -0.2) is 24.2 Å². The summed E-state index contributed by atoms with van der Waals surface area (Å²) in [6.45, 7) is 1.82. The molecule has 2 aliphatic carbocycles. The molecule has 0 aliphatic heterocycles. The predicted molar refractivity (Wildman–Crippen MR) is 74.9 cm³/mol. The molecule has 0 saturated heterocycles. The van der Waals surface area contributed by atoms with Crippen molar-refractivity contribution in [3.05, 3.63) is 70.4 Å². The number of fused-ring (bicyclic) bond motifs is 1. The Kier molecular flexibility index (Phi) is 3.84. The van der Waals surface area contributed by atoms with Crippen LogP contribution in [0.4, 0.5) is 0 Å². The number of carbonyl (C=O) groups excluding carboxylic acids is 1. The summed E-state index contributed by atoms with van der Waals surface area (Å²) >= 11 is 0. The number of ether oxygens (including phenoxy) is 1. The lowest BCUT2D eigenvalue weighted by Gasteiger charge is -2.13. The molecule has 2 rings (SSSR count). The molecule has 0 unspecified atom stereocenters. The maximum Gasteiger partial charge on any atom is 0.338 e. The average molecular weight is 270 g/mol. The molecule has 0 aromatic rings. The van der Waals surface area contributed by atoms with Gasteiger partial charge in [-0.15, -0.1) is 0 Å². The fourth-order valence-electron chi connectivity index (χ4n) is 2.20. The fraction of sp³-hybridized carbons (Fsp3) is 0.125. The first kappa shape index (κ1) is 13.8. The molecule has 102 valence electrons. The van der Waals surface area contributed by atoms with Crippen molar-refractivity contribution >= 4 is 11.9 Å². The highest BCUT2D eigenvalue weighted by atomic mass is 16.5. The van der Waals surface area contributed by atoms with Gasteiger partial charge in [-0.05, 0) is 29.7 Å². The third-order valence-electron chi connectivity index (χ3n) is 3.09. The maximum absolute atomic E-state index is 11.8. The van der Waals surface area contributed by atoms with Crippen LogP contribution in [0.2, 0.25) is 0 Å². The van der Waals surface area contributed by atoms with Gasteiger partial charge in [0.2, 0.25) is 0 Å². The first-order valence-corrected chi connectivity index (χ1v) is 6.07. The Labute approximate surface area is 116 Å². The van der Waals surface area contributed by atoms with Crippen molar-refractivity contribution in [2.24, 2.45) is 0 Å². The number of carbonyl (C=O) groups is 2. The second-order valence-corrected chi connectivity index (χ2v) is 4.34. The summed E-state index contributed by atoms with van der Waals surface area (Å²) < 4.78 is 4.68. The molecule has 4 nitrogen and oxygen atoms in total. The molecule has 0 aromatic heterocycles. The molecule has 0 radical (unpaired) electrons. The van der Waals surface area contributed by atoms with Crippen LogP contribution in [0.3, 0.4) is 0 Å². The van der Waals surface area contributed by atoms with Gasteiger partial charge in [-0.25, -0.2) is 9.59 Å². The van der Waals surface area contributed by atoms with Gasteiger partial charge in [-0.2, -0.15) is 0 Å². The van der Waals surface area contributed by atoms with E-state index in [1.54, 1.807) is 12.2 Å². The molecular formula is C16H14O4. The number of esters is 1. The first-order chi connectivity index (χ1) is 9.56. The maximum atomic E-state index is 11.8. The van der Waals surface area contributed by atoms with E-state index in [0.717, 1.165) is 11.1 Å². The molecule has 0 bridgehead atoms. The monoisotopic (exact) mass is 270 g/mol. The van der Waals surface area contributed by atoms with Gasteiger partial charge >= 0.3 is 11.9 Å². The minimum Gasteiger partial charge on any atom is -0.478 e. The van der Waals surface area contributed by atoms with Crippen LogP contribution in [0.15, 0.2) is 70.4 Å². The van der Waals surface area contributed by atoms with E-state index >= 15 is 0 Å². The lowest BCUT2D eigenvalue weighted by atomic mass is 9.91. The number of hydrogen-bond donors (Lipinski definition) is 1. The summed E-state index contributed by atoms with van der Waals surface area (Å²) in [5.41, 5.74) is 2.08. The Bertz CT molecular complexity index is 652. The number of carboxylic acid groups (broad SMARTS) is 1. The number of methoxy groups -OCH3 is 1. The van der Waals surface area contributed by atoms with Crippen LogP contribution in [0.5, 0.6) is 0 Å². The molecular weight excluding hydrogens is 256 g/mol. The Morgan fingerprint density at radius 3 is 2.45 bits per heavy atom. The van der Waals surface area contributed by atoms with Crippen LogP contribution < -0.4 is 0 Å². The summed E-state index contributed by atoms with van der Waals surface area (Å²) in [4.78, 5) is 23.5. The summed E-state index contributed by atoms with van der Waals surface area (Å²) in [5, 5.41) is 9.52. The highest BCUT2D eigenvalue weighted by Gasteiger charge is 2.27. The molecule has 0 saturated carbocycles. The topological polar surface area (TPSA) is 63.6 Å². The van der Waals surface area contributed by atoms with Gasteiger partial charge in [0.15, 0.2) is 0 Å². The molecule has 0 amide bonds. The van der Waals surface area contributed by atoms with E-state index in [0.29, 0.717) is 5.57 Å². The molecule has 0 spiro atoms. The predicted octanol–water partition coefficient (Wildman–Crippen LogP) is 2.48. The lowest BCUT2D eigenvalue weighted by molar-refractivity contribution is -0.138. The van der Waals surface area contributed by atoms with Crippen molar-refractivity contribution in [2.75, 3.05) is 7.11 Å². The summed E-state index contributed by atoms with van der Waals surface area (Å²) in [5.74, 6) is -1.81. The lowest BCUT2D eigenvalue weighted by Crippen LogP contribution is -2.16. The normalized spacial score (nSPS) is 17.4. The van der Waals surface area contributed by atoms with Crippen molar-refractivity contribution in [2.45, 2.75) is 6.92 Å². The minimum absolute atomic E-state index is 0.0365. The van der Waals surface area contributed by atoms with Crippen LogP contribution in [0.25, 0.3) is 0 Å². The fourth-order valence-corrected chi connectivity index (χ4v) is 2.20. The van der Waals surface area contributed by atoms with E-state index in [-0.39, 0.29) is 11.1 Å². The van der Waals surface area contributed by atoms with E-state index in [1.807, 2.05) is 31.2 Å². The van der Waals surface area contributed by atoms with E-state index in [1.165, 1.54) is 13.2 Å².